The number of hydrogen-bond acceptors (Lipinski definition) is 6. The van der Waals surface area contributed by atoms with E-state index < -0.39 is 0 Å². The van der Waals surface area contributed by atoms with Gasteiger partial charge < -0.3 is 14.4 Å². The molecule has 7 nitrogen and oxygen atoms in total. The number of methoxy groups -OCH3 is 1. The largest absolute Gasteiger partial charge is 0.469 e. The number of aromatic nitrogens is 2. The smallest absolute Gasteiger partial charge is 0.307 e. The molecule has 0 saturated carbocycles. The van der Waals surface area contributed by atoms with Crippen LogP contribution in [0.5, 0.6) is 0 Å². The molecule has 7 heteroatoms. The van der Waals surface area contributed by atoms with Gasteiger partial charge in [0.1, 0.15) is 11.5 Å². The molecule has 0 N–H and O–H groups in total. The molecule has 1 amide bonds. The minimum atomic E-state index is -0.344. The molecular weight excluding hydrogens is 286 g/mol. The maximum absolute atomic E-state index is 12.6. The van der Waals surface area contributed by atoms with Gasteiger partial charge >= 0.3 is 5.97 Å². The molecule has 0 aromatic carbocycles. The molecule has 120 valence electrons. The van der Waals surface area contributed by atoms with Gasteiger partial charge in [0.15, 0.2) is 0 Å². The summed E-state index contributed by atoms with van der Waals surface area (Å²) in [7, 11) is 1.34. The Morgan fingerprint density at radius 3 is 2.95 bits per heavy atom. The normalized spacial score (nSPS) is 17.3. The fraction of sp³-hybridized carbons (Fsp3) is 0.600. The lowest BCUT2D eigenvalue weighted by atomic mass is 10.2. The summed E-state index contributed by atoms with van der Waals surface area (Å²) in [5, 5.41) is 0. The van der Waals surface area contributed by atoms with Gasteiger partial charge in [-0.1, -0.05) is 0 Å². The Bertz CT molecular complexity index is 529. The van der Waals surface area contributed by atoms with Gasteiger partial charge in [-0.05, 0) is 25.8 Å². The first-order valence-electron chi connectivity index (χ1n) is 7.37. The van der Waals surface area contributed by atoms with Crippen molar-refractivity contribution in [3.63, 3.8) is 0 Å². The first kappa shape index (κ1) is 16.4. The molecular formula is C15H21N3O4. The minimum absolute atomic E-state index is 0.0181. The number of aryl methyl sites for hydroxylation is 1. The number of hydrogen-bond donors (Lipinski definition) is 0. The summed E-state index contributed by atoms with van der Waals surface area (Å²) < 4.78 is 10.2. The van der Waals surface area contributed by atoms with Crippen LogP contribution >= 0.6 is 0 Å². The summed E-state index contributed by atoms with van der Waals surface area (Å²) in [6.07, 6.45) is 3.64. The minimum Gasteiger partial charge on any atom is -0.469 e. The molecule has 1 aromatic heterocycles. The summed E-state index contributed by atoms with van der Waals surface area (Å²) in [6, 6.07) is 1.58. The number of carbonyl (C=O) groups excluding carboxylic acids is 2. The lowest BCUT2D eigenvalue weighted by molar-refractivity contribution is -0.140. The van der Waals surface area contributed by atoms with E-state index >= 15 is 0 Å². The standard InChI is InChI=1S/C15H21N3O4/c1-11-16-7-5-13(17-11)15(20)18(8-6-14(19)21-2)10-12-4-3-9-22-12/h5,7,12H,3-4,6,8-10H2,1-2H3. The van der Waals surface area contributed by atoms with E-state index in [1.807, 2.05) is 0 Å². The molecule has 1 aliphatic rings. The molecule has 0 radical (unpaired) electrons. The van der Waals surface area contributed by atoms with Gasteiger partial charge in [0.2, 0.25) is 0 Å². The van der Waals surface area contributed by atoms with Crippen LogP contribution in [0.4, 0.5) is 0 Å². The van der Waals surface area contributed by atoms with E-state index in [0.29, 0.717) is 18.1 Å². The summed E-state index contributed by atoms with van der Waals surface area (Å²) in [4.78, 5) is 33.7. The van der Waals surface area contributed by atoms with Crippen molar-refractivity contribution in [2.45, 2.75) is 32.3 Å². The molecule has 1 aromatic rings. The number of ether oxygens (including phenoxy) is 2. The summed E-state index contributed by atoms with van der Waals surface area (Å²) >= 11 is 0. The van der Waals surface area contributed by atoms with E-state index in [9.17, 15) is 9.59 Å². The summed E-state index contributed by atoms with van der Waals surface area (Å²) in [6.45, 7) is 3.19. The molecule has 1 atom stereocenters. The van der Waals surface area contributed by atoms with Crippen molar-refractivity contribution in [3.8, 4) is 0 Å². The van der Waals surface area contributed by atoms with E-state index in [-0.39, 0.29) is 30.9 Å². The number of esters is 1. The molecule has 0 bridgehead atoms. The second-order valence-corrected chi connectivity index (χ2v) is 5.20. The number of nitrogens with zero attached hydrogens (tertiary/aromatic N) is 3. The maximum Gasteiger partial charge on any atom is 0.307 e. The van der Waals surface area contributed by atoms with E-state index in [1.54, 1.807) is 24.1 Å². The first-order chi connectivity index (χ1) is 10.6. The van der Waals surface area contributed by atoms with Gasteiger partial charge in [-0.3, -0.25) is 9.59 Å². The fourth-order valence-electron chi connectivity index (χ4n) is 2.38. The lowest BCUT2D eigenvalue weighted by Crippen LogP contribution is -2.39. The molecule has 1 unspecified atom stereocenters. The Morgan fingerprint density at radius 2 is 2.32 bits per heavy atom. The van der Waals surface area contributed by atoms with E-state index in [4.69, 9.17) is 4.74 Å². The predicted octanol–water partition coefficient (Wildman–Crippen LogP) is 0.969. The zero-order valence-electron chi connectivity index (χ0n) is 12.9. The van der Waals surface area contributed by atoms with Crippen LogP contribution in [0.1, 0.15) is 35.6 Å². The molecule has 2 rings (SSSR count). The Morgan fingerprint density at radius 1 is 1.50 bits per heavy atom. The molecule has 2 heterocycles. The summed E-state index contributed by atoms with van der Waals surface area (Å²) in [5.41, 5.74) is 0.329. The fourth-order valence-corrected chi connectivity index (χ4v) is 2.38. The van der Waals surface area contributed by atoms with Crippen LogP contribution in [0.2, 0.25) is 0 Å². The highest BCUT2D eigenvalue weighted by molar-refractivity contribution is 5.92. The van der Waals surface area contributed by atoms with Gasteiger partial charge in [0, 0.05) is 25.9 Å². The van der Waals surface area contributed by atoms with Crippen molar-refractivity contribution in [3.05, 3.63) is 23.8 Å². The van der Waals surface area contributed by atoms with Crippen molar-refractivity contribution in [2.24, 2.45) is 0 Å². The zero-order valence-corrected chi connectivity index (χ0v) is 12.9. The second kappa shape index (κ2) is 7.84. The third-order valence-electron chi connectivity index (χ3n) is 3.54. The highest BCUT2D eigenvalue weighted by Crippen LogP contribution is 2.15. The Labute approximate surface area is 129 Å². The SMILES string of the molecule is COC(=O)CCN(CC1CCCO1)C(=O)c1ccnc(C)n1. The zero-order chi connectivity index (χ0) is 15.9. The van der Waals surface area contributed by atoms with Crippen LogP contribution in [-0.2, 0) is 14.3 Å². The average molecular weight is 307 g/mol. The molecule has 22 heavy (non-hydrogen) atoms. The topological polar surface area (TPSA) is 81.6 Å². The van der Waals surface area contributed by atoms with Crippen molar-refractivity contribution in [1.29, 1.82) is 0 Å². The van der Waals surface area contributed by atoms with Crippen molar-refractivity contribution in [2.75, 3.05) is 26.8 Å². The van der Waals surface area contributed by atoms with Gasteiger partial charge in [0.05, 0.1) is 19.6 Å². The monoisotopic (exact) mass is 307 g/mol. The maximum atomic E-state index is 12.6. The van der Waals surface area contributed by atoms with Crippen LogP contribution < -0.4 is 0 Å². The third-order valence-corrected chi connectivity index (χ3v) is 3.54. The number of amides is 1. The van der Waals surface area contributed by atoms with Gasteiger partial charge in [0.25, 0.3) is 5.91 Å². The third kappa shape index (κ3) is 4.49. The van der Waals surface area contributed by atoms with E-state index in [0.717, 1.165) is 19.4 Å². The van der Waals surface area contributed by atoms with Gasteiger partial charge in [-0.2, -0.15) is 0 Å². The molecule has 0 aliphatic carbocycles. The quantitative estimate of drug-likeness (QED) is 0.728. The van der Waals surface area contributed by atoms with E-state index in [2.05, 4.69) is 14.7 Å². The number of rotatable bonds is 6. The predicted molar refractivity (Wildman–Crippen MR) is 78.3 cm³/mol. The Kier molecular flexibility index (Phi) is 5.83. The number of carbonyl (C=O) groups is 2. The lowest BCUT2D eigenvalue weighted by Gasteiger charge is -2.24. The van der Waals surface area contributed by atoms with Crippen LogP contribution in [0.15, 0.2) is 12.3 Å². The van der Waals surface area contributed by atoms with Crippen LogP contribution in [0.3, 0.4) is 0 Å². The highest BCUT2D eigenvalue weighted by atomic mass is 16.5. The Hall–Kier alpha value is -2.02. The van der Waals surface area contributed by atoms with Crippen molar-refractivity contribution >= 4 is 11.9 Å². The van der Waals surface area contributed by atoms with Crippen molar-refractivity contribution in [1.82, 2.24) is 14.9 Å². The van der Waals surface area contributed by atoms with Crippen LogP contribution in [0, 0.1) is 6.92 Å². The first-order valence-corrected chi connectivity index (χ1v) is 7.37. The van der Waals surface area contributed by atoms with Crippen molar-refractivity contribution < 1.29 is 19.1 Å². The summed E-state index contributed by atoms with van der Waals surface area (Å²) in [5.74, 6) is -0.0233. The molecule has 1 fully saturated rings. The van der Waals surface area contributed by atoms with E-state index in [1.165, 1.54) is 7.11 Å². The van der Waals surface area contributed by atoms with Crippen LogP contribution in [0.25, 0.3) is 0 Å². The van der Waals surface area contributed by atoms with Gasteiger partial charge in [-0.15, -0.1) is 0 Å². The Balaban J connectivity index is 2.07. The molecule has 1 saturated heterocycles. The van der Waals surface area contributed by atoms with Crippen LogP contribution in [-0.4, -0.2) is 59.7 Å². The molecule has 0 spiro atoms. The van der Waals surface area contributed by atoms with Gasteiger partial charge in [-0.25, -0.2) is 9.97 Å². The highest BCUT2D eigenvalue weighted by Gasteiger charge is 2.24. The molecule has 1 aliphatic heterocycles. The average Bonchev–Trinajstić information content (AvgIpc) is 3.03. The second-order valence-electron chi connectivity index (χ2n) is 5.20.